The molecule has 0 aliphatic heterocycles. The standard InChI is InChI=1S/C13H18N2O3/c1-3-8-15(9-12(16)14-2)11-6-4-10(5-7-11)13(17)18/h4-7H,3,8-9H2,1-2H3,(H,14,16)(H,17,18). The summed E-state index contributed by atoms with van der Waals surface area (Å²) in [4.78, 5) is 24.1. The third-order valence-corrected chi connectivity index (χ3v) is 2.59. The molecule has 98 valence electrons. The van der Waals surface area contributed by atoms with E-state index in [0.29, 0.717) is 0 Å². The van der Waals surface area contributed by atoms with E-state index in [4.69, 9.17) is 5.11 Å². The summed E-state index contributed by atoms with van der Waals surface area (Å²) in [5, 5.41) is 11.4. The Balaban J connectivity index is 2.84. The molecule has 0 aliphatic rings. The van der Waals surface area contributed by atoms with Crippen LogP contribution in [0.2, 0.25) is 0 Å². The molecule has 18 heavy (non-hydrogen) atoms. The van der Waals surface area contributed by atoms with Gasteiger partial charge in [0.25, 0.3) is 0 Å². The van der Waals surface area contributed by atoms with Gasteiger partial charge >= 0.3 is 5.97 Å². The first-order valence-electron chi connectivity index (χ1n) is 5.87. The molecule has 0 radical (unpaired) electrons. The van der Waals surface area contributed by atoms with Gasteiger partial charge < -0.3 is 15.3 Å². The largest absolute Gasteiger partial charge is 0.478 e. The number of carbonyl (C=O) groups is 2. The Kier molecular flexibility index (Phi) is 5.17. The number of anilines is 1. The number of nitrogens with zero attached hydrogens (tertiary/aromatic N) is 1. The minimum atomic E-state index is -0.949. The van der Waals surface area contributed by atoms with Gasteiger partial charge in [0.05, 0.1) is 12.1 Å². The van der Waals surface area contributed by atoms with Crippen LogP contribution >= 0.6 is 0 Å². The molecule has 0 saturated carbocycles. The zero-order valence-electron chi connectivity index (χ0n) is 10.6. The highest BCUT2D eigenvalue weighted by Gasteiger charge is 2.10. The number of rotatable bonds is 6. The lowest BCUT2D eigenvalue weighted by Crippen LogP contribution is -2.36. The summed E-state index contributed by atoms with van der Waals surface area (Å²) >= 11 is 0. The predicted molar refractivity (Wildman–Crippen MR) is 70.0 cm³/mol. The number of carbonyl (C=O) groups excluding carboxylic acids is 1. The van der Waals surface area contributed by atoms with Gasteiger partial charge in [-0.3, -0.25) is 4.79 Å². The van der Waals surface area contributed by atoms with E-state index >= 15 is 0 Å². The van der Waals surface area contributed by atoms with Crippen molar-refractivity contribution in [3.8, 4) is 0 Å². The molecule has 0 spiro atoms. The minimum Gasteiger partial charge on any atom is -0.478 e. The van der Waals surface area contributed by atoms with E-state index in [-0.39, 0.29) is 18.0 Å². The molecule has 0 aromatic heterocycles. The second-order valence-electron chi connectivity index (χ2n) is 3.95. The van der Waals surface area contributed by atoms with E-state index < -0.39 is 5.97 Å². The van der Waals surface area contributed by atoms with E-state index in [9.17, 15) is 9.59 Å². The molecule has 0 atom stereocenters. The Morgan fingerprint density at radius 2 is 1.89 bits per heavy atom. The van der Waals surface area contributed by atoms with Gasteiger partial charge in [-0.05, 0) is 30.7 Å². The highest BCUT2D eigenvalue weighted by atomic mass is 16.4. The fourth-order valence-corrected chi connectivity index (χ4v) is 1.64. The summed E-state index contributed by atoms with van der Waals surface area (Å²) in [5.74, 6) is -1.01. The molecule has 1 amide bonds. The SMILES string of the molecule is CCCN(CC(=O)NC)c1ccc(C(=O)O)cc1. The quantitative estimate of drug-likeness (QED) is 0.799. The van der Waals surface area contributed by atoms with Gasteiger partial charge in [-0.15, -0.1) is 0 Å². The Hall–Kier alpha value is -2.04. The lowest BCUT2D eigenvalue weighted by molar-refractivity contribution is -0.119. The molecule has 5 heteroatoms. The van der Waals surface area contributed by atoms with Gasteiger partial charge in [0.15, 0.2) is 0 Å². The van der Waals surface area contributed by atoms with E-state index in [1.54, 1.807) is 31.3 Å². The molecule has 0 unspecified atom stereocenters. The third-order valence-electron chi connectivity index (χ3n) is 2.59. The van der Waals surface area contributed by atoms with Crippen LogP contribution < -0.4 is 10.2 Å². The topological polar surface area (TPSA) is 69.6 Å². The van der Waals surface area contributed by atoms with Gasteiger partial charge in [-0.25, -0.2) is 4.79 Å². The Morgan fingerprint density at radius 1 is 1.28 bits per heavy atom. The first-order valence-corrected chi connectivity index (χ1v) is 5.87. The van der Waals surface area contributed by atoms with E-state index in [1.165, 1.54) is 0 Å². The Morgan fingerprint density at radius 3 is 2.33 bits per heavy atom. The van der Waals surface area contributed by atoms with Crippen molar-refractivity contribution in [2.45, 2.75) is 13.3 Å². The number of likely N-dealkylation sites (N-methyl/N-ethyl adjacent to an activating group) is 1. The van der Waals surface area contributed by atoms with Gasteiger partial charge in [0.1, 0.15) is 0 Å². The number of amides is 1. The Labute approximate surface area is 106 Å². The zero-order chi connectivity index (χ0) is 13.5. The molecule has 0 saturated heterocycles. The minimum absolute atomic E-state index is 0.0641. The number of nitrogens with one attached hydrogen (secondary N) is 1. The molecule has 2 N–H and O–H groups in total. The summed E-state index contributed by atoms with van der Waals surface area (Å²) in [6, 6.07) is 6.54. The molecule has 0 bridgehead atoms. The highest BCUT2D eigenvalue weighted by molar-refractivity contribution is 5.88. The van der Waals surface area contributed by atoms with Gasteiger partial charge in [-0.1, -0.05) is 6.92 Å². The highest BCUT2D eigenvalue weighted by Crippen LogP contribution is 2.15. The maximum Gasteiger partial charge on any atom is 0.335 e. The van der Waals surface area contributed by atoms with Crippen molar-refractivity contribution in [1.29, 1.82) is 0 Å². The average molecular weight is 250 g/mol. The van der Waals surface area contributed by atoms with Crippen molar-refractivity contribution >= 4 is 17.6 Å². The number of benzene rings is 1. The molecule has 0 heterocycles. The van der Waals surface area contributed by atoms with Gasteiger partial charge in [0.2, 0.25) is 5.91 Å². The van der Waals surface area contributed by atoms with Gasteiger partial charge in [0, 0.05) is 19.3 Å². The van der Waals surface area contributed by atoms with Crippen molar-refractivity contribution in [1.82, 2.24) is 5.32 Å². The number of hydrogen-bond donors (Lipinski definition) is 2. The van der Waals surface area contributed by atoms with Crippen molar-refractivity contribution in [2.24, 2.45) is 0 Å². The summed E-state index contributed by atoms with van der Waals surface area (Å²) in [5.41, 5.74) is 1.10. The van der Waals surface area contributed by atoms with E-state index in [0.717, 1.165) is 18.7 Å². The Bertz CT molecular complexity index is 415. The number of carboxylic acid groups (broad SMARTS) is 1. The summed E-state index contributed by atoms with van der Waals surface area (Å²) in [6.07, 6.45) is 0.914. The summed E-state index contributed by atoms with van der Waals surface area (Å²) in [6.45, 7) is 3.05. The number of hydrogen-bond acceptors (Lipinski definition) is 3. The van der Waals surface area contributed by atoms with Crippen LogP contribution in [-0.2, 0) is 4.79 Å². The normalized spacial score (nSPS) is 9.89. The zero-order valence-corrected chi connectivity index (χ0v) is 10.6. The number of aromatic carboxylic acids is 1. The molecule has 0 aliphatic carbocycles. The lowest BCUT2D eigenvalue weighted by atomic mass is 10.2. The molecular formula is C13H18N2O3. The third kappa shape index (κ3) is 3.76. The molecule has 1 rings (SSSR count). The van der Waals surface area contributed by atoms with Crippen LogP contribution in [0.5, 0.6) is 0 Å². The van der Waals surface area contributed by atoms with Crippen LogP contribution in [0.25, 0.3) is 0 Å². The van der Waals surface area contributed by atoms with Crippen LogP contribution in [0.15, 0.2) is 24.3 Å². The second kappa shape index (κ2) is 6.64. The van der Waals surface area contributed by atoms with Crippen molar-refractivity contribution in [3.63, 3.8) is 0 Å². The smallest absolute Gasteiger partial charge is 0.335 e. The van der Waals surface area contributed by atoms with Gasteiger partial charge in [-0.2, -0.15) is 0 Å². The van der Waals surface area contributed by atoms with E-state index in [2.05, 4.69) is 5.32 Å². The van der Waals surface area contributed by atoms with E-state index in [1.807, 2.05) is 11.8 Å². The fraction of sp³-hybridized carbons (Fsp3) is 0.385. The monoisotopic (exact) mass is 250 g/mol. The lowest BCUT2D eigenvalue weighted by Gasteiger charge is -2.23. The first-order chi connectivity index (χ1) is 8.58. The summed E-state index contributed by atoms with van der Waals surface area (Å²) < 4.78 is 0. The predicted octanol–water partition coefficient (Wildman–Crippen LogP) is 1.35. The second-order valence-corrected chi connectivity index (χ2v) is 3.95. The molecule has 0 fully saturated rings. The van der Waals surface area contributed by atoms with Crippen LogP contribution in [0, 0.1) is 0 Å². The molecule has 5 nitrogen and oxygen atoms in total. The summed E-state index contributed by atoms with van der Waals surface area (Å²) in [7, 11) is 1.60. The molecular weight excluding hydrogens is 232 g/mol. The molecule has 1 aromatic rings. The van der Waals surface area contributed by atoms with Crippen molar-refractivity contribution < 1.29 is 14.7 Å². The fourth-order valence-electron chi connectivity index (χ4n) is 1.64. The number of carboxylic acids is 1. The maximum absolute atomic E-state index is 11.4. The van der Waals surface area contributed by atoms with Crippen LogP contribution in [0.3, 0.4) is 0 Å². The first kappa shape index (κ1) is 14.0. The van der Waals surface area contributed by atoms with Crippen LogP contribution in [0.4, 0.5) is 5.69 Å². The van der Waals surface area contributed by atoms with Crippen molar-refractivity contribution in [2.75, 3.05) is 25.0 Å². The molecule has 1 aromatic carbocycles. The maximum atomic E-state index is 11.4. The average Bonchev–Trinajstić information content (AvgIpc) is 2.38. The van der Waals surface area contributed by atoms with Crippen molar-refractivity contribution in [3.05, 3.63) is 29.8 Å². The van der Waals surface area contributed by atoms with Crippen LogP contribution in [-0.4, -0.2) is 37.1 Å². The van der Waals surface area contributed by atoms with Crippen LogP contribution in [0.1, 0.15) is 23.7 Å².